The van der Waals surface area contributed by atoms with E-state index in [-0.39, 0.29) is 27.7 Å². The number of ether oxygens (including phenoxy) is 7. The van der Waals surface area contributed by atoms with Crippen molar-refractivity contribution in [3.8, 4) is 5.88 Å². The van der Waals surface area contributed by atoms with Crippen molar-refractivity contribution in [3.63, 3.8) is 0 Å². The highest BCUT2D eigenvalue weighted by Crippen LogP contribution is 2.31. The molecule has 0 N–H and O–H groups in total. The number of pyridine rings is 1. The fourth-order valence-electron chi connectivity index (χ4n) is 2.89. The number of methoxy groups -OCH3 is 4. The molecule has 9 nitrogen and oxygen atoms in total. The molecule has 0 bridgehead atoms. The number of esters is 1. The number of nitrogens with zero attached hydrogens (tertiary/aromatic N) is 1. The van der Waals surface area contributed by atoms with Crippen LogP contribution in [0.2, 0.25) is 15.2 Å². The first-order chi connectivity index (χ1) is 13.9. The number of rotatable bonds is 9. The smallest absolute Gasteiger partial charge is 0.346 e. The maximum atomic E-state index is 12.3. The van der Waals surface area contributed by atoms with Gasteiger partial charge in [0.05, 0.1) is 11.6 Å². The Bertz CT molecular complexity index is 695. The van der Waals surface area contributed by atoms with Crippen molar-refractivity contribution >= 4 is 40.8 Å². The molecule has 1 unspecified atom stereocenters. The summed E-state index contributed by atoms with van der Waals surface area (Å²) < 4.78 is 38.0. The van der Waals surface area contributed by atoms with Gasteiger partial charge in [0.15, 0.2) is 11.8 Å². The Morgan fingerprint density at radius 2 is 1.69 bits per heavy atom. The van der Waals surface area contributed by atoms with Gasteiger partial charge in [-0.25, -0.2) is 4.79 Å². The Kier molecular flexibility index (Phi) is 9.64. The molecule has 1 saturated heterocycles. The maximum Gasteiger partial charge on any atom is 0.346 e. The fraction of sp³-hybridized carbons (Fsp3) is 0.647. The Hall–Kier alpha value is -0.910. The highest BCUT2D eigenvalue weighted by Gasteiger charge is 2.48. The van der Waals surface area contributed by atoms with Gasteiger partial charge in [-0.1, -0.05) is 34.8 Å². The lowest BCUT2D eigenvalue weighted by atomic mass is 9.98. The molecular weight excluding hydrogens is 453 g/mol. The zero-order valence-corrected chi connectivity index (χ0v) is 18.5. The number of halogens is 3. The predicted octanol–water partition coefficient (Wildman–Crippen LogP) is 2.38. The molecular formula is C17H22Cl3NO8. The molecule has 1 fully saturated rings. The molecule has 2 rings (SSSR count). The third kappa shape index (κ3) is 6.05. The van der Waals surface area contributed by atoms with Crippen molar-refractivity contribution in [2.75, 3.05) is 41.7 Å². The van der Waals surface area contributed by atoms with Crippen LogP contribution in [0, 0.1) is 0 Å². The Morgan fingerprint density at radius 1 is 1.03 bits per heavy atom. The molecule has 1 aliphatic rings. The van der Waals surface area contributed by atoms with Gasteiger partial charge in [-0.15, -0.1) is 0 Å². The van der Waals surface area contributed by atoms with Crippen molar-refractivity contribution < 1.29 is 38.0 Å². The molecule has 12 heteroatoms. The van der Waals surface area contributed by atoms with E-state index in [1.165, 1.54) is 34.5 Å². The zero-order chi connectivity index (χ0) is 21.6. The van der Waals surface area contributed by atoms with Crippen LogP contribution in [0.5, 0.6) is 5.88 Å². The minimum absolute atomic E-state index is 0.00885. The van der Waals surface area contributed by atoms with Crippen LogP contribution in [-0.2, 0) is 33.2 Å². The fourth-order valence-corrected chi connectivity index (χ4v) is 3.44. The van der Waals surface area contributed by atoms with E-state index in [0.29, 0.717) is 0 Å². The molecule has 0 aliphatic carbocycles. The summed E-state index contributed by atoms with van der Waals surface area (Å²) in [6, 6.07) is 1.35. The summed E-state index contributed by atoms with van der Waals surface area (Å²) in [5.41, 5.74) is 0. The maximum absolute atomic E-state index is 12.3. The second-order valence-corrected chi connectivity index (χ2v) is 7.10. The first-order valence-electron chi connectivity index (χ1n) is 8.42. The summed E-state index contributed by atoms with van der Waals surface area (Å²) in [7, 11) is 5.98. The van der Waals surface area contributed by atoms with Gasteiger partial charge >= 0.3 is 5.97 Å². The van der Waals surface area contributed by atoms with Crippen molar-refractivity contribution in [1.29, 1.82) is 0 Å². The highest BCUT2D eigenvalue weighted by molar-refractivity contribution is 6.42. The van der Waals surface area contributed by atoms with Crippen molar-refractivity contribution in [1.82, 2.24) is 4.98 Å². The summed E-state index contributed by atoms with van der Waals surface area (Å²) in [6.07, 6.45) is -3.43. The molecule has 29 heavy (non-hydrogen) atoms. The van der Waals surface area contributed by atoms with Crippen LogP contribution in [0.15, 0.2) is 6.07 Å². The van der Waals surface area contributed by atoms with Crippen molar-refractivity contribution in [2.24, 2.45) is 0 Å². The van der Waals surface area contributed by atoms with Gasteiger partial charge in [-0.2, -0.15) is 4.98 Å². The number of carbonyl (C=O) groups is 1. The number of carbonyl (C=O) groups excluding carboxylic acids is 1. The first kappa shape index (κ1) is 24.4. The molecule has 0 saturated carbocycles. The van der Waals surface area contributed by atoms with E-state index in [1.54, 1.807) is 0 Å². The Labute approximate surface area is 183 Å². The Morgan fingerprint density at radius 3 is 2.28 bits per heavy atom. The molecule has 1 aliphatic heterocycles. The topological polar surface area (TPSA) is 94.6 Å². The molecule has 164 valence electrons. The summed E-state index contributed by atoms with van der Waals surface area (Å²) in [5.74, 6) is -0.805. The van der Waals surface area contributed by atoms with Crippen LogP contribution in [0.4, 0.5) is 0 Å². The lowest BCUT2D eigenvalue weighted by Crippen LogP contribution is -2.61. The lowest BCUT2D eigenvalue weighted by Gasteiger charge is -2.43. The average molecular weight is 475 g/mol. The first-order valence-corrected chi connectivity index (χ1v) is 9.56. The molecule has 1 aromatic heterocycles. The van der Waals surface area contributed by atoms with Gasteiger partial charge in [0.2, 0.25) is 12.2 Å². The van der Waals surface area contributed by atoms with Gasteiger partial charge in [0, 0.05) is 28.4 Å². The van der Waals surface area contributed by atoms with Crippen LogP contribution in [0.1, 0.15) is 0 Å². The number of aromatic nitrogens is 1. The van der Waals surface area contributed by atoms with Crippen LogP contribution in [-0.4, -0.2) is 83.3 Å². The van der Waals surface area contributed by atoms with E-state index in [0.717, 1.165) is 0 Å². The molecule has 1 aromatic rings. The minimum atomic E-state index is -1.08. The SMILES string of the molecule is COC[C@H]1OC(OC(=O)COc2nc(Cl)c(Cl)cc2Cl)[C@H](OC)[C@@H](OC)[C@@H]1OC. The van der Waals surface area contributed by atoms with Gasteiger partial charge in [-0.05, 0) is 6.07 Å². The van der Waals surface area contributed by atoms with E-state index in [1.807, 2.05) is 0 Å². The average Bonchev–Trinajstić information content (AvgIpc) is 2.69. The molecule has 5 atom stereocenters. The molecule has 0 spiro atoms. The quantitative estimate of drug-likeness (QED) is 0.395. The van der Waals surface area contributed by atoms with E-state index < -0.39 is 43.3 Å². The Balaban J connectivity index is 2.06. The second-order valence-electron chi connectivity index (χ2n) is 5.93. The van der Waals surface area contributed by atoms with E-state index >= 15 is 0 Å². The van der Waals surface area contributed by atoms with Crippen molar-refractivity contribution in [2.45, 2.75) is 30.7 Å². The van der Waals surface area contributed by atoms with E-state index in [4.69, 9.17) is 68.0 Å². The summed E-state index contributed by atoms with van der Waals surface area (Å²) >= 11 is 17.6. The number of hydrogen-bond acceptors (Lipinski definition) is 9. The second kappa shape index (κ2) is 11.5. The molecule has 0 radical (unpaired) electrons. The summed E-state index contributed by atoms with van der Waals surface area (Å²) in [6.45, 7) is -0.302. The predicted molar refractivity (Wildman–Crippen MR) is 104 cm³/mol. The largest absolute Gasteiger partial charge is 0.465 e. The summed E-state index contributed by atoms with van der Waals surface area (Å²) in [4.78, 5) is 16.2. The van der Waals surface area contributed by atoms with Gasteiger partial charge in [0.1, 0.15) is 29.4 Å². The molecule has 0 aromatic carbocycles. The number of hydrogen-bond donors (Lipinski definition) is 0. The summed E-state index contributed by atoms with van der Waals surface area (Å²) in [5, 5.41) is 0.247. The minimum Gasteiger partial charge on any atom is -0.465 e. The molecule has 2 heterocycles. The normalized spacial score (nSPS) is 26.9. The van der Waals surface area contributed by atoms with Gasteiger partial charge in [0.25, 0.3) is 0 Å². The van der Waals surface area contributed by atoms with Crippen LogP contribution in [0.25, 0.3) is 0 Å². The third-order valence-electron chi connectivity index (χ3n) is 4.17. The van der Waals surface area contributed by atoms with Crippen LogP contribution < -0.4 is 4.74 Å². The van der Waals surface area contributed by atoms with E-state index in [9.17, 15) is 4.79 Å². The zero-order valence-electron chi connectivity index (χ0n) is 16.2. The highest BCUT2D eigenvalue weighted by atomic mass is 35.5. The monoisotopic (exact) mass is 473 g/mol. The van der Waals surface area contributed by atoms with Crippen LogP contribution in [0.3, 0.4) is 0 Å². The van der Waals surface area contributed by atoms with Gasteiger partial charge < -0.3 is 33.2 Å². The standard InChI is InChI=1S/C17H22Cl3NO8/c1-23-6-10-12(24-2)13(25-3)14(26-4)17(28-10)29-11(22)7-27-16-9(19)5-8(18)15(20)21-16/h5,10,12-14,17H,6-7H2,1-4H3/t10-,12-,13+,14-,17?/m1/s1. The third-order valence-corrected chi connectivity index (χ3v) is 5.11. The van der Waals surface area contributed by atoms with Gasteiger partial charge in [-0.3, -0.25) is 0 Å². The lowest BCUT2D eigenvalue weighted by molar-refractivity contribution is -0.305. The van der Waals surface area contributed by atoms with Crippen LogP contribution >= 0.6 is 34.8 Å². The van der Waals surface area contributed by atoms with E-state index in [2.05, 4.69) is 4.98 Å². The molecule has 0 amide bonds. The van der Waals surface area contributed by atoms with Crippen molar-refractivity contribution in [3.05, 3.63) is 21.3 Å².